The number of aliphatic carboxylic acids is 2. The van der Waals surface area contributed by atoms with Crippen LogP contribution in [-0.4, -0.2) is 147 Å². The van der Waals surface area contributed by atoms with Crippen molar-refractivity contribution in [3.05, 3.63) is 0 Å². The monoisotopic (exact) mass is 782 g/mol. The highest BCUT2D eigenvalue weighted by molar-refractivity contribution is 5.98. The number of likely N-dealkylation sites (tertiary alicyclic amines) is 2. The molecular weight excluding hydrogens is 724 g/mol. The fourth-order valence-corrected chi connectivity index (χ4v) is 6.52. The van der Waals surface area contributed by atoms with E-state index in [0.29, 0.717) is 19.3 Å². The maximum Gasteiger partial charge on any atom is 0.322 e. The van der Waals surface area contributed by atoms with E-state index in [9.17, 15) is 48.3 Å². The van der Waals surface area contributed by atoms with Crippen molar-refractivity contribution in [1.82, 2.24) is 36.4 Å². The maximum atomic E-state index is 13.9. The Balaban J connectivity index is 2.21. The highest BCUT2D eigenvalue weighted by Crippen LogP contribution is 2.22. The van der Waals surface area contributed by atoms with Crippen molar-refractivity contribution in [1.29, 1.82) is 0 Å². The van der Waals surface area contributed by atoms with Crippen LogP contribution in [0.4, 0.5) is 0 Å². The molecule has 0 aromatic carbocycles. The van der Waals surface area contributed by atoms with Gasteiger partial charge in [-0.25, -0.2) is 0 Å². The molecule has 2 saturated heterocycles. The van der Waals surface area contributed by atoms with Gasteiger partial charge in [0, 0.05) is 19.5 Å². The number of aliphatic hydroxyl groups is 1. The number of nitrogens with zero attached hydrogens (tertiary/aromatic N) is 2. The van der Waals surface area contributed by atoms with Crippen LogP contribution in [0.3, 0.4) is 0 Å². The molecule has 10 N–H and O–H groups in total. The van der Waals surface area contributed by atoms with Crippen molar-refractivity contribution in [2.24, 2.45) is 17.6 Å². The fraction of sp³-hybridized carbons (Fsp3) is 0.743. The first-order valence-electron chi connectivity index (χ1n) is 18.7. The van der Waals surface area contributed by atoms with E-state index in [1.165, 1.54) is 16.7 Å². The number of hydrogen-bond acceptors (Lipinski definition) is 11. The molecule has 2 fully saturated rings. The van der Waals surface area contributed by atoms with E-state index in [-0.39, 0.29) is 50.6 Å². The van der Waals surface area contributed by atoms with Gasteiger partial charge in [0.15, 0.2) is 0 Å². The summed E-state index contributed by atoms with van der Waals surface area (Å²) in [6, 6.07) is -8.18. The first-order valence-corrected chi connectivity index (χ1v) is 18.7. The van der Waals surface area contributed by atoms with Crippen molar-refractivity contribution in [2.45, 2.75) is 128 Å². The van der Waals surface area contributed by atoms with Gasteiger partial charge in [-0.15, -0.1) is 0 Å². The van der Waals surface area contributed by atoms with Gasteiger partial charge in [-0.2, -0.15) is 0 Å². The molecule has 0 aromatic heterocycles. The second-order valence-electron chi connectivity index (χ2n) is 14.9. The van der Waals surface area contributed by atoms with Crippen LogP contribution < -0.4 is 32.3 Å². The largest absolute Gasteiger partial charge is 0.481 e. The molecule has 0 aliphatic carbocycles. The molecule has 310 valence electrons. The highest BCUT2D eigenvalue weighted by Gasteiger charge is 2.41. The summed E-state index contributed by atoms with van der Waals surface area (Å²) >= 11 is 0. The van der Waals surface area contributed by atoms with Crippen LogP contribution in [0, 0.1) is 11.8 Å². The number of rotatable bonds is 21. The second kappa shape index (κ2) is 21.9. The number of nitrogens with one attached hydrogen (secondary N) is 5. The Bertz CT molecular complexity index is 1420. The molecule has 0 unspecified atom stereocenters. The van der Waals surface area contributed by atoms with Crippen molar-refractivity contribution in [3.63, 3.8) is 0 Å². The zero-order chi connectivity index (χ0) is 41.6. The summed E-state index contributed by atoms with van der Waals surface area (Å²) in [5, 5.41) is 40.6. The predicted octanol–water partition coefficient (Wildman–Crippen LogP) is -2.60. The van der Waals surface area contributed by atoms with Gasteiger partial charge in [-0.05, 0) is 63.7 Å². The molecule has 7 atom stereocenters. The van der Waals surface area contributed by atoms with Crippen molar-refractivity contribution in [3.8, 4) is 0 Å². The molecule has 0 spiro atoms. The lowest BCUT2D eigenvalue weighted by molar-refractivity contribution is -0.144. The molecule has 0 aromatic rings. The van der Waals surface area contributed by atoms with Crippen LogP contribution in [0.2, 0.25) is 0 Å². The molecule has 2 rings (SSSR count). The Morgan fingerprint density at radius 2 is 1.09 bits per heavy atom. The molecule has 20 heteroatoms. The predicted molar refractivity (Wildman–Crippen MR) is 194 cm³/mol. The third kappa shape index (κ3) is 14.4. The standard InChI is InChI=1S/C35H58N8O12/c1-18(2)14-22(39-30(50)21(10-11-27(45)46)38-29(49)20(5)36)35(55)43-13-7-9-26(43)33(53)41-24(17-44)31(51)40-23(15-19(3)4)34(54)42-12-6-8-25(42)32(52)37-16-28(47)48/h18-26,44H,6-17,36H2,1-5H3,(H,37,52)(H,38,49)(H,39,50)(H,40,51)(H,41,53)(H,45,46)(H,47,48)/t20-,21-,22-,23-,24-,25-,26-/m0/s1. The normalized spacial score (nSPS) is 19.5. The van der Waals surface area contributed by atoms with Crippen LogP contribution in [0.25, 0.3) is 0 Å². The van der Waals surface area contributed by atoms with E-state index in [4.69, 9.17) is 15.9 Å². The Morgan fingerprint density at radius 1 is 0.636 bits per heavy atom. The number of carbonyl (C=O) groups is 9. The quantitative estimate of drug-likeness (QED) is 0.0578. The summed E-state index contributed by atoms with van der Waals surface area (Å²) in [4.78, 5) is 118. The van der Waals surface area contributed by atoms with E-state index in [2.05, 4.69) is 26.6 Å². The van der Waals surface area contributed by atoms with Gasteiger partial charge in [0.2, 0.25) is 41.4 Å². The summed E-state index contributed by atoms with van der Waals surface area (Å²) in [6.07, 6.45) is 0.919. The molecular formula is C35H58N8O12. The number of amides is 7. The van der Waals surface area contributed by atoms with Crippen LogP contribution in [0.15, 0.2) is 0 Å². The summed E-state index contributed by atoms with van der Waals surface area (Å²) in [5.41, 5.74) is 5.61. The number of aliphatic hydroxyl groups excluding tert-OH is 1. The van der Waals surface area contributed by atoms with Crippen LogP contribution in [0.5, 0.6) is 0 Å². The number of nitrogens with two attached hydrogens (primary N) is 1. The molecule has 0 saturated carbocycles. The lowest BCUT2D eigenvalue weighted by atomic mass is 10.0. The molecule has 20 nitrogen and oxygen atoms in total. The Kier molecular flexibility index (Phi) is 18.4. The van der Waals surface area contributed by atoms with Gasteiger partial charge in [0.25, 0.3) is 0 Å². The number of hydrogen-bond donors (Lipinski definition) is 9. The van der Waals surface area contributed by atoms with Gasteiger partial charge >= 0.3 is 11.9 Å². The number of carbonyl (C=O) groups excluding carboxylic acids is 7. The summed E-state index contributed by atoms with van der Waals surface area (Å²) in [5.74, 6) is -7.67. The minimum absolute atomic E-state index is 0.108. The third-order valence-electron chi connectivity index (χ3n) is 9.24. The van der Waals surface area contributed by atoms with Gasteiger partial charge in [-0.3, -0.25) is 43.2 Å². The van der Waals surface area contributed by atoms with Gasteiger partial charge in [0.1, 0.15) is 42.8 Å². The summed E-state index contributed by atoms with van der Waals surface area (Å²) in [7, 11) is 0. The summed E-state index contributed by atoms with van der Waals surface area (Å²) < 4.78 is 0. The average Bonchev–Trinajstić information content (AvgIpc) is 3.80. The van der Waals surface area contributed by atoms with E-state index >= 15 is 0 Å². The van der Waals surface area contributed by atoms with Gasteiger partial charge < -0.3 is 57.4 Å². The number of carboxylic acids is 2. The van der Waals surface area contributed by atoms with Crippen molar-refractivity contribution < 1.29 is 58.5 Å². The highest BCUT2D eigenvalue weighted by atomic mass is 16.4. The van der Waals surface area contributed by atoms with Crippen LogP contribution in [-0.2, 0) is 43.2 Å². The maximum absolute atomic E-state index is 13.9. The molecule has 55 heavy (non-hydrogen) atoms. The lowest BCUT2D eigenvalue weighted by Gasteiger charge is -2.32. The van der Waals surface area contributed by atoms with Crippen molar-refractivity contribution in [2.75, 3.05) is 26.2 Å². The van der Waals surface area contributed by atoms with Crippen LogP contribution in [0.1, 0.15) is 86.0 Å². The Labute approximate surface area is 320 Å². The molecule has 2 heterocycles. The first-order chi connectivity index (χ1) is 25.8. The molecule has 0 radical (unpaired) electrons. The minimum Gasteiger partial charge on any atom is -0.481 e. The Morgan fingerprint density at radius 3 is 1.51 bits per heavy atom. The molecule has 2 aliphatic heterocycles. The van der Waals surface area contributed by atoms with Crippen LogP contribution >= 0.6 is 0 Å². The van der Waals surface area contributed by atoms with Gasteiger partial charge in [-0.1, -0.05) is 27.7 Å². The minimum atomic E-state index is -1.53. The van der Waals surface area contributed by atoms with Gasteiger partial charge in [0.05, 0.1) is 12.6 Å². The van der Waals surface area contributed by atoms with E-state index in [1.807, 2.05) is 13.8 Å². The smallest absolute Gasteiger partial charge is 0.322 e. The first kappa shape index (κ1) is 46.3. The average molecular weight is 783 g/mol. The zero-order valence-electron chi connectivity index (χ0n) is 32.2. The van der Waals surface area contributed by atoms with E-state index in [1.54, 1.807) is 13.8 Å². The molecule has 0 bridgehead atoms. The third-order valence-corrected chi connectivity index (χ3v) is 9.24. The van der Waals surface area contributed by atoms with E-state index < -0.39 is 115 Å². The lowest BCUT2D eigenvalue weighted by Crippen LogP contribution is -2.60. The molecule has 2 aliphatic rings. The number of carboxylic acid groups (broad SMARTS) is 2. The summed E-state index contributed by atoms with van der Waals surface area (Å²) in [6.45, 7) is 7.47. The van der Waals surface area contributed by atoms with Crippen molar-refractivity contribution >= 4 is 53.3 Å². The Hall–Kier alpha value is -4.85. The SMILES string of the molecule is CC(C)C[C@H](NC(=O)[C@H](CO)NC(=O)[C@@H]1CCCN1C(=O)[C@H](CC(C)C)NC(=O)[C@H](CCC(=O)O)NC(=O)[C@H](C)N)C(=O)N1CCC[C@H]1C(=O)NCC(=O)O. The topological polar surface area (TPSA) is 307 Å². The fourth-order valence-electron chi connectivity index (χ4n) is 6.52. The zero-order valence-corrected chi connectivity index (χ0v) is 32.2. The molecule has 7 amide bonds. The van der Waals surface area contributed by atoms with E-state index in [0.717, 1.165) is 0 Å². The second-order valence-corrected chi connectivity index (χ2v) is 14.9.